The molecule has 3 aromatic rings. The van der Waals surface area contributed by atoms with Gasteiger partial charge < -0.3 is 29.8 Å². The van der Waals surface area contributed by atoms with Gasteiger partial charge in [0.05, 0.1) is 31.0 Å². The van der Waals surface area contributed by atoms with Crippen molar-refractivity contribution in [1.82, 2.24) is 19.5 Å². The summed E-state index contributed by atoms with van der Waals surface area (Å²) in [6, 6.07) is 5.44. The maximum atomic E-state index is 15.4. The van der Waals surface area contributed by atoms with E-state index in [-0.39, 0.29) is 40.4 Å². The lowest BCUT2D eigenvalue weighted by Gasteiger charge is -2.30. The molecule has 1 aliphatic rings. The van der Waals surface area contributed by atoms with Crippen molar-refractivity contribution < 1.29 is 46.5 Å². The van der Waals surface area contributed by atoms with Crippen molar-refractivity contribution in [3.63, 3.8) is 0 Å². The van der Waals surface area contributed by atoms with Crippen LogP contribution in [0.4, 0.5) is 10.2 Å². The largest absolute Gasteiger partial charge is 0.463 e. The number of anilines is 1. The van der Waals surface area contributed by atoms with Gasteiger partial charge in [0.25, 0.3) is 5.60 Å². The standard InChI is InChI=1S/C25H29ClFN5O9S/c1-4-38-22(34)25(23(35)39-5-2,10-13-6-8-14(9-7-13)42(3,36)37)40-11-15-18(33)16(27)21(41-15)32-12-29-17-19(28)30-24(26)31-20(17)32/h6-9,12,15-16,18,21,33H,4-5,10-11H2,1-3H3,(H2,28,30,31)/t15-,16+,18-,21-/m1/s1. The Hall–Kier alpha value is -3.44. The maximum absolute atomic E-state index is 15.4. The van der Waals surface area contributed by atoms with Crippen LogP contribution in [0.2, 0.25) is 5.28 Å². The van der Waals surface area contributed by atoms with Crippen LogP contribution in [-0.2, 0) is 44.8 Å². The molecule has 0 amide bonds. The van der Waals surface area contributed by atoms with Crippen LogP contribution in [0.5, 0.6) is 0 Å². The molecule has 3 N–H and O–H groups in total. The highest BCUT2D eigenvalue weighted by atomic mass is 35.5. The van der Waals surface area contributed by atoms with Crippen LogP contribution in [0.15, 0.2) is 35.5 Å². The molecule has 0 bridgehead atoms. The maximum Gasteiger partial charge on any atom is 0.350 e. The first-order valence-electron chi connectivity index (χ1n) is 12.7. The lowest BCUT2D eigenvalue weighted by atomic mass is 9.93. The minimum absolute atomic E-state index is 0.0212. The van der Waals surface area contributed by atoms with E-state index in [0.717, 1.165) is 6.26 Å². The Kier molecular flexibility index (Phi) is 9.32. The molecule has 228 valence electrons. The lowest BCUT2D eigenvalue weighted by molar-refractivity contribution is -0.197. The Morgan fingerprint density at radius 1 is 1.17 bits per heavy atom. The van der Waals surface area contributed by atoms with E-state index in [2.05, 4.69) is 15.0 Å². The van der Waals surface area contributed by atoms with Gasteiger partial charge in [-0.1, -0.05) is 12.1 Å². The molecule has 0 radical (unpaired) electrons. The molecule has 1 aliphatic heterocycles. The summed E-state index contributed by atoms with van der Waals surface area (Å²) in [6.07, 6.45) is -4.82. The zero-order valence-corrected chi connectivity index (χ0v) is 24.3. The SMILES string of the molecule is CCOC(=O)C(Cc1ccc(S(C)(=O)=O)cc1)(OC[C@H]1O[C@@H](n2cnc3c(N)nc(Cl)nc32)[C@@H](F)[C@@H]1O)C(=O)OCC. The summed E-state index contributed by atoms with van der Waals surface area (Å²) < 4.78 is 62.2. The van der Waals surface area contributed by atoms with Crippen LogP contribution < -0.4 is 5.73 Å². The number of benzene rings is 1. The van der Waals surface area contributed by atoms with Gasteiger partial charge in [0, 0.05) is 12.7 Å². The van der Waals surface area contributed by atoms with Crippen LogP contribution >= 0.6 is 11.6 Å². The number of imidazole rings is 1. The third kappa shape index (κ3) is 6.17. The number of aliphatic hydroxyl groups is 1. The van der Waals surface area contributed by atoms with Crippen LogP contribution in [0.1, 0.15) is 25.6 Å². The van der Waals surface area contributed by atoms with Gasteiger partial charge in [-0.3, -0.25) is 4.57 Å². The number of aliphatic hydroxyl groups excluding tert-OH is 1. The second-order valence-corrected chi connectivity index (χ2v) is 11.7. The number of carbonyl (C=O) groups excluding carboxylic acids is 2. The zero-order valence-electron chi connectivity index (χ0n) is 22.8. The number of aromatic nitrogens is 4. The van der Waals surface area contributed by atoms with Gasteiger partial charge in [0.1, 0.15) is 17.7 Å². The lowest BCUT2D eigenvalue weighted by Crippen LogP contribution is -2.54. The highest BCUT2D eigenvalue weighted by Gasteiger charge is 2.53. The van der Waals surface area contributed by atoms with E-state index in [1.165, 1.54) is 49.0 Å². The number of sulfone groups is 1. The number of hydrogen-bond donors (Lipinski definition) is 2. The van der Waals surface area contributed by atoms with Crippen molar-refractivity contribution in [2.45, 2.75) is 55.4 Å². The number of alkyl halides is 1. The average molecular weight is 630 g/mol. The smallest absolute Gasteiger partial charge is 0.350 e. The molecule has 1 saturated heterocycles. The Bertz CT molecular complexity index is 1550. The quantitative estimate of drug-likeness (QED) is 0.174. The molecule has 0 aliphatic carbocycles. The number of nitrogens with zero attached hydrogens (tertiary/aromatic N) is 4. The fourth-order valence-corrected chi connectivity index (χ4v) is 5.22. The first-order valence-corrected chi connectivity index (χ1v) is 15.0. The number of carbonyl (C=O) groups is 2. The zero-order chi connectivity index (χ0) is 30.8. The molecule has 1 aromatic carbocycles. The predicted octanol–water partition coefficient (Wildman–Crippen LogP) is 1.19. The van der Waals surface area contributed by atoms with Crippen LogP contribution in [0.3, 0.4) is 0 Å². The number of hydrogen-bond acceptors (Lipinski definition) is 13. The van der Waals surface area contributed by atoms with Gasteiger partial charge >= 0.3 is 11.9 Å². The molecule has 1 fully saturated rings. The molecule has 0 saturated carbocycles. The first kappa shape index (κ1) is 31.5. The normalized spacial score (nSPS) is 21.0. The van der Waals surface area contributed by atoms with Crippen LogP contribution in [0, 0.1) is 0 Å². The minimum Gasteiger partial charge on any atom is -0.463 e. The highest BCUT2D eigenvalue weighted by Crippen LogP contribution is 2.35. The summed E-state index contributed by atoms with van der Waals surface area (Å²) in [5, 5.41) is 10.5. The van der Waals surface area contributed by atoms with Crippen molar-refractivity contribution in [1.29, 1.82) is 0 Å². The second-order valence-electron chi connectivity index (χ2n) is 9.37. The van der Waals surface area contributed by atoms with Gasteiger partial charge in [-0.25, -0.2) is 27.4 Å². The van der Waals surface area contributed by atoms with Crippen LogP contribution in [0.25, 0.3) is 11.2 Å². The van der Waals surface area contributed by atoms with E-state index < -0.39 is 65.0 Å². The molecule has 2 aromatic heterocycles. The third-order valence-corrected chi connectivity index (χ3v) is 7.80. The Balaban J connectivity index is 1.64. The molecule has 0 unspecified atom stereocenters. The van der Waals surface area contributed by atoms with Crippen molar-refractivity contribution in [2.24, 2.45) is 0 Å². The number of rotatable bonds is 11. The van der Waals surface area contributed by atoms with Gasteiger partial charge in [0.15, 0.2) is 33.7 Å². The molecule has 14 nitrogen and oxygen atoms in total. The summed E-state index contributed by atoms with van der Waals surface area (Å²) >= 11 is 5.90. The number of nitrogen functional groups attached to an aromatic ring is 1. The Morgan fingerprint density at radius 3 is 2.36 bits per heavy atom. The van der Waals surface area contributed by atoms with E-state index in [1.54, 1.807) is 0 Å². The molecule has 0 spiro atoms. The number of halogens is 2. The molecule has 3 heterocycles. The van der Waals surface area contributed by atoms with E-state index in [9.17, 15) is 23.1 Å². The van der Waals surface area contributed by atoms with E-state index in [1.807, 2.05) is 0 Å². The van der Waals surface area contributed by atoms with E-state index in [0.29, 0.717) is 5.56 Å². The summed E-state index contributed by atoms with van der Waals surface area (Å²) in [5.41, 5.74) is 3.94. The monoisotopic (exact) mass is 629 g/mol. The molecule has 17 heteroatoms. The number of ether oxygens (including phenoxy) is 4. The Morgan fingerprint density at radius 2 is 1.79 bits per heavy atom. The van der Waals surface area contributed by atoms with Crippen molar-refractivity contribution in [2.75, 3.05) is 31.8 Å². The van der Waals surface area contributed by atoms with Gasteiger partial charge in [-0.05, 0) is 43.1 Å². The molecule has 42 heavy (non-hydrogen) atoms. The summed E-state index contributed by atoms with van der Waals surface area (Å²) in [6.45, 7) is 2.16. The number of esters is 2. The molecule has 4 rings (SSSR count). The first-order chi connectivity index (χ1) is 19.8. The van der Waals surface area contributed by atoms with Crippen LogP contribution in [-0.4, -0.2) is 95.0 Å². The Labute approximate surface area is 244 Å². The second kappa shape index (κ2) is 12.4. The van der Waals surface area contributed by atoms with Gasteiger partial charge in [0.2, 0.25) is 5.28 Å². The third-order valence-electron chi connectivity index (χ3n) is 6.50. The van der Waals surface area contributed by atoms with E-state index in [4.69, 9.17) is 36.3 Å². The van der Waals surface area contributed by atoms with Crippen molar-refractivity contribution >= 4 is 50.4 Å². The van der Waals surface area contributed by atoms with Crippen molar-refractivity contribution in [3.8, 4) is 0 Å². The van der Waals surface area contributed by atoms with Crippen molar-refractivity contribution in [3.05, 3.63) is 41.4 Å². The average Bonchev–Trinajstić information content (AvgIpc) is 3.47. The summed E-state index contributed by atoms with van der Waals surface area (Å²) in [4.78, 5) is 38.4. The fraction of sp³-hybridized carbons (Fsp3) is 0.480. The summed E-state index contributed by atoms with van der Waals surface area (Å²) in [7, 11) is -3.51. The van der Waals surface area contributed by atoms with E-state index >= 15 is 4.39 Å². The predicted molar refractivity (Wildman–Crippen MR) is 145 cm³/mol. The summed E-state index contributed by atoms with van der Waals surface area (Å²) in [5.74, 6) is -2.24. The number of nitrogens with two attached hydrogens (primary N) is 1. The van der Waals surface area contributed by atoms with Gasteiger partial charge in [-0.15, -0.1) is 0 Å². The van der Waals surface area contributed by atoms with Gasteiger partial charge in [-0.2, -0.15) is 9.97 Å². The fourth-order valence-electron chi connectivity index (χ4n) is 4.42. The molecular weight excluding hydrogens is 601 g/mol. The molecule has 4 atom stereocenters. The topological polar surface area (TPSA) is 195 Å². The highest BCUT2D eigenvalue weighted by molar-refractivity contribution is 7.90. The number of fused-ring (bicyclic) bond motifs is 1. The minimum atomic E-state index is -3.51. The molecular formula is C25H29ClFN5O9S.